The van der Waals surface area contributed by atoms with E-state index in [2.05, 4.69) is 0 Å². The normalized spacial score (nSPS) is 17.3. The Hall–Kier alpha value is -0.700. The molecule has 0 aromatic carbocycles. The average Bonchev–Trinajstić information content (AvgIpc) is 1.64. The van der Waals surface area contributed by atoms with Gasteiger partial charge in [-0.1, -0.05) is 0 Å². The topological polar surface area (TPSA) is 37.1 Å². The summed E-state index contributed by atoms with van der Waals surface area (Å²) in [6.45, 7) is 0.0243. The molecule has 4 heteroatoms. The molecular weight excluding hydrogens is 142 g/mol. The average molecular weight is 149 g/mol. The first kappa shape index (κ1) is 8.30. The lowest BCUT2D eigenvalue weighted by molar-refractivity contribution is -0.469. The summed E-state index contributed by atoms with van der Waals surface area (Å²) in [4.78, 5) is 20.7. The second-order valence-corrected chi connectivity index (χ2v) is 1.70. The summed E-state index contributed by atoms with van der Waals surface area (Å²) >= 11 is 0. The molecular formula is C5H7ClNO2+. The number of allylic oxidation sites excluding steroid dienone is 1. The number of carbonyl (C=O) groups is 1. The van der Waals surface area contributed by atoms with Gasteiger partial charge in [-0.2, -0.15) is 0 Å². The van der Waals surface area contributed by atoms with Crippen molar-refractivity contribution in [3.05, 3.63) is 17.2 Å². The highest BCUT2D eigenvalue weighted by atomic mass is 35.5. The minimum Gasteiger partial charge on any atom is -0.292 e. The molecule has 0 atom stereocenters. The van der Waals surface area contributed by atoms with Crippen LogP contribution in [0.4, 0.5) is 0 Å². The van der Waals surface area contributed by atoms with Crippen LogP contribution in [-0.4, -0.2) is 17.1 Å². The third-order valence-electron chi connectivity index (χ3n) is 0.949. The van der Waals surface area contributed by atoms with E-state index in [1.54, 1.807) is 6.08 Å². The van der Waals surface area contributed by atoms with Crippen LogP contribution < -0.4 is 0 Å². The first-order valence-corrected chi connectivity index (χ1v) is 2.41. The maximum Gasteiger partial charge on any atom is 0.256 e. The number of rotatable bonds is 0. The highest BCUT2D eigenvalue weighted by Crippen LogP contribution is 1.94. The third-order valence-corrected chi connectivity index (χ3v) is 0.949. The van der Waals surface area contributed by atoms with E-state index in [0.29, 0.717) is 11.2 Å². The summed E-state index contributed by atoms with van der Waals surface area (Å²) in [6, 6.07) is 0. The van der Waals surface area contributed by atoms with Crippen molar-refractivity contribution in [3.63, 3.8) is 0 Å². The van der Waals surface area contributed by atoms with E-state index in [1.807, 2.05) is 0 Å². The van der Waals surface area contributed by atoms with Gasteiger partial charge in [0.25, 0.3) is 6.54 Å². The van der Waals surface area contributed by atoms with Crippen LogP contribution in [0.2, 0.25) is 0 Å². The van der Waals surface area contributed by atoms with Crippen LogP contribution in [-0.2, 0) is 4.79 Å². The lowest BCUT2D eigenvalue weighted by Gasteiger charge is -1.90. The van der Waals surface area contributed by atoms with Crippen molar-refractivity contribution in [1.29, 1.82) is 0 Å². The van der Waals surface area contributed by atoms with Gasteiger partial charge >= 0.3 is 0 Å². The van der Waals surface area contributed by atoms with Gasteiger partial charge in [-0.3, -0.25) is 4.79 Å². The fraction of sp³-hybridized carbons (Fsp3) is 0.400. The maximum atomic E-state index is 10.4. The van der Waals surface area contributed by atoms with Crippen LogP contribution in [0.1, 0.15) is 6.42 Å². The van der Waals surface area contributed by atoms with Crippen LogP contribution in [0.5, 0.6) is 0 Å². The Balaban J connectivity index is 0.000000640. The van der Waals surface area contributed by atoms with Crippen LogP contribution in [0.15, 0.2) is 12.3 Å². The van der Waals surface area contributed by atoms with Gasteiger partial charge in [0.05, 0.1) is 0 Å². The number of ketones is 1. The number of carbonyl (C=O) groups excluding carboxylic acids is 1. The van der Waals surface area contributed by atoms with Crippen molar-refractivity contribution < 1.29 is 9.55 Å². The second kappa shape index (κ2) is 3.35. The summed E-state index contributed by atoms with van der Waals surface area (Å²) in [6.07, 6.45) is 3.36. The molecule has 0 saturated heterocycles. The molecule has 0 aliphatic carbocycles. The minimum absolute atomic E-state index is 0. The Kier molecular flexibility index (Phi) is 3.09. The summed E-state index contributed by atoms with van der Waals surface area (Å²) in [5, 5.41) is 0. The number of nitroso groups, excluding NO2 is 1. The van der Waals surface area contributed by atoms with E-state index in [-0.39, 0.29) is 24.7 Å². The largest absolute Gasteiger partial charge is 0.292 e. The maximum absolute atomic E-state index is 10.4. The number of hydrogen-bond acceptors (Lipinski definition) is 2. The van der Waals surface area contributed by atoms with Gasteiger partial charge < -0.3 is 0 Å². The smallest absolute Gasteiger partial charge is 0.256 e. The fourth-order valence-corrected chi connectivity index (χ4v) is 0.593. The quantitative estimate of drug-likeness (QED) is 0.474. The Bertz CT molecular complexity index is 164. The molecule has 0 fully saturated rings. The number of nitrogens with zero attached hydrogens (tertiary/aromatic N) is 1. The zero-order valence-corrected chi connectivity index (χ0v) is 5.56. The van der Waals surface area contributed by atoms with Crippen molar-refractivity contribution in [2.75, 3.05) is 6.54 Å². The van der Waals surface area contributed by atoms with E-state index in [0.717, 1.165) is 0 Å². The SMILES string of the molecule is Cl.O=C1CC=C[N+](=O)C1. The molecule has 0 saturated carbocycles. The molecule has 0 radical (unpaired) electrons. The van der Waals surface area contributed by atoms with Gasteiger partial charge in [-0.15, -0.1) is 12.4 Å². The second-order valence-electron chi connectivity index (χ2n) is 1.70. The van der Waals surface area contributed by atoms with Crippen molar-refractivity contribution in [2.24, 2.45) is 0 Å². The van der Waals surface area contributed by atoms with E-state index in [9.17, 15) is 9.70 Å². The summed E-state index contributed by atoms with van der Waals surface area (Å²) in [5.41, 5.74) is 0. The predicted octanol–water partition coefficient (Wildman–Crippen LogP) is 0.674. The zero-order valence-electron chi connectivity index (χ0n) is 4.74. The molecule has 0 unspecified atom stereocenters. The standard InChI is InChI=1S/C5H6NO2.ClH/c7-5-2-1-3-6(8)4-5;/h1,3H,2,4H2;1H/q+1;. The minimum atomic E-state index is -0.0116. The highest BCUT2D eigenvalue weighted by molar-refractivity contribution is 5.85. The molecule has 1 aliphatic rings. The van der Waals surface area contributed by atoms with Gasteiger partial charge in [0.1, 0.15) is 0 Å². The van der Waals surface area contributed by atoms with Gasteiger partial charge in [-0.05, 0) is 6.08 Å². The Labute approximate surface area is 58.7 Å². The molecule has 1 aliphatic heterocycles. The summed E-state index contributed by atoms with van der Waals surface area (Å²) < 4.78 is 0.631. The molecule has 1 heterocycles. The number of halogens is 1. The molecule has 0 spiro atoms. The lowest BCUT2D eigenvalue weighted by Crippen LogP contribution is -2.16. The predicted molar refractivity (Wildman–Crippen MR) is 34.5 cm³/mol. The molecule has 0 amide bonds. The Morgan fingerprint density at radius 3 is 2.56 bits per heavy atom. The monoisotopic (exact) mass is 148 g/mol. The summed E-state index contributed by atoms with van der Waals surface area (Å²) in [5.74, 6) is -0.0116. The van der Waals surface area contributed by atoms with Crippen LogP contribution in [0.25, 0.3) is 0 Å². The molecule has 0 aromatic rings. The molecule has 0 bridgehead atoms. The summed E-state index contributed by atoms with van der Waals surface area (Å²) in [7, 11) is 0. The van der Waals surface area contributed by atoms with Crippen molar-refractivity contribution >= 4 is 18.2 Å². The van der Waals surface area contributed by atoms with E-state index < -0.39 is 0 Å². The molecule has 3 nitrogen and oxygen atoms in total. The fourth-order valence-electron chi connectivity index (χ4n) is 0.593. The van der Waals surface area contributed by atoms with Gasteiger partial charge in [0.15, 0.2) is 0 Å². The van der Waals surface area contributed by atoms with Crippen molar-refractivity contribution in [1.82, 2.24) is 0 Å². The van der Waals surface area contributed by atoms with E-state index in [1.165, 1.54) is 6.20 Å². The molecule has 0 aromatic heterocycles. The zero-order chi connectivity index (χ0) is 5.98. The number of hydrogen-bond donors (Lipinski definition) is 0. The van der Waals surface area contributed by atoms with Gasteiger partial charge in [0, 0.05) is 16.1 Å². The van der Waals surface area contributed by atoms with Gasteiger partial charge in [-0.25, -0.2) is 0 Å². The van der Waals surface area contributed by atoms with Crippen molar-refractivity contribution in [2.45, 2.75) is 6.42 Å². The molecule has 50 valence electrons. The lowest BCUT2D eigenvalue weighted by atomic mass is 10.2. The molecule has 9 heavy (non-hydrogen) atoms. The van der Waals surface area contributed by atoms with Gasteiger partial charge in [0.2, 0.25) is 12.0 Å². The Morgan fingerprint density at radius 2 is 2.22 bits per heavy atom. The Morgan fingerprint density at radius 1 is 1.56 bits per heavy atom. The van der Waals surface area contributed by atoms with Crippen LogP contribution >= 0.6 is 12.4 Å². The van der Waals surface area contributed by atoms with E-state index >= 15 is 0 Å². The number of Topliss-reactive ketones (excluding diaryl/α,β-unsaturated/α-hetero) is 1. The molecule has 1 rings (SSSR count). The molecule has 0 N–H and O–H groups in total. The highest BCUT2D eigenvalue weighted by Gasteiger charge is 2.15. The first-order valence-electron chi connectivity index (χ1n) is 2.41. The van der Waals surface area contributed by atoms with Crippen LogP contribution in [0.3, 0.4) is 0 Å². The van der Waals surface area contributed by atoms with Crippen molar-refractivity contribution in [3.8, 4) is 0 Å². The van der Waals surface area contributed by atoms with Crippen LogP contribution in [0, 0.1) is 4.91 Å². The first-order chi connectivity index (χ1) is 3.79. The third kappa shape index (κ3) is 2.37. The van der Waals surface area contributed by atoms with E-state index in [4.69, 9.17) is 0 Å².